The maximum atomic E-state index is 12.2. The minimum Gasteiger partial charge on any atom is -0.315 e. The van der Waals surface area contributed by atoms with E-state index in [1.54, 1.807) is 6.07 Å². The van der Waals surface area contributed by atoms with Gasteiger partial charge in [0.15, 0.2) is 0 Å². The standard InChI is InChI=1S/C12H23N3O2S2/c1-4-15(5-2)8-7-14-19(16,17)12-6-9-18-11(12)10-13-3/h6,9,13-14H,4-5,7-8,10H2,1-3H3. The molecule has 0 aliphatic heterocycles. The van der Waals surface area contributed by atoms with E-state index in [-0.39, 0.29) is 0 Å². The number of nitrogens with one attached hydrogen (secondary N) is 2. The van der Waals surface area contributed by atoms with E-state index in [0.717, 1.165) is 24.5 Å². The lowest BCUT2D eigenvalue weighted by atomic mass is 10.5. The predicted octanol–water partition coefficient (Wildman–Crippen LogP) is 1.09. The van der Waals surface area contributed by atoms with E-state index in [1.807, 2.05) is 12.4 Å². The molecule has 0 aliphatic carbocycles. The zero-order valence-electron chi connectivity index (χ0n) is 11.8. The van der Waals surface area contributed by atoms with E-state index in [2.05, 4.69) is 28.8 Å². The first kappa shape index (κ1) is 16.6. The molecule has 0 atom stereocenters. The van der Waals surface area contributed by atoms with Crippen LogP contribution >= 0.6 is 11.3 Å². The highest BCUT2D eigenvalue weighted by atomic mass is 32.2. The largest absolute Gasteiger partial charge is 0.315 e. The Hall–Kier alpha value is -0.470. The Morgan fingerprint density at radius 3 is 2.58 bits per heavy atom. The van der Waals surface area contributed by atoms with E-state index >= 15 is 0 Å². The fraction of sp³-hybridized carbons (Fsp3) is 0.667. The zero-order valence-corrected chi connectivity index (χ0v) is 13.4. The third kappa shape index (κ3) is 4.85. The van der Waals surface area contributed by atoms with Gasteiger partial charge in [0.05, 0.1) is 4.90 Å². The number of thiophene rings is 1. The number of sulfonamides is 1. The summed E-state index contributed by atoms with van der Waals surface area (Å²) in [7, 11) is -1.58. The van der Waals surface area contributed by atoms with Crippen LogP contribution in [0, 0.1) is 0 Å². The first-order valence-corrected chi connectivity index (χ1v) is 8.84. The molecule has 0 amide bonds. The molecule has 1 aromatic rings. The first-order chi connectivity index (χ1) is 9.05. The van der Waals surface area contributed by atoms with Gasteiger partial charge in [-0.2, -0.15) is 0 Å². The van der Waals surface area contributed by atoms with Gasteiger partial charge < -0.3 is 10.2 Å². The summed E-state index contributed by atoms with van der Waals surface area (Å²) in [5.41, 5.74) is 0. The first-order valence-electron chi connectivity index (χ1n) is 6.48. The zero-order chi connectivity index (χ0) is 14.3. The van der Waals surface area contributed by atoms with Crippen molar-refractivity contribution in [2.24, 2.45) is 0 Å². The molecule has 19 heavy (non-hydrogen) atoms. The van der Waals surface area contributed by atoms with Crippen molar-refractivity contribution >= 4 is 21.4 Å². The Balaban J connectivity index is 2.63. The van der Waals surface area contributed by atoms with Crippen molar-refractivity contribution < 1.29 is 8.42 Å². The van der Waals surface area contributed by atoms with Gasteiger partial charge in [0.25, 0.3) is 0 Å². The second kappa shape index (κ2) is 7.96. The van der Waals surface area contributed by atoms with Crippen LogP contribution in [-0.2, 0) is 16.6 Å². The highest BCUT2D eigenvalue weighted by Gasteiger charge is 2.18. The quantitative estimate of drug-likeness (QED) is 0.717. The molecule has 0 aliphatic rings. The molecule has 0 unspecified atom stereocenters. The second-order valence-corrected chi connectivity index (χ2v) is 6.90. The number of hydrogen-bond donors (Lipinski definition) is 2. The lowest BCUT2D eigenvalue weighted by Crippen LogP contribution is -2.35. The van der Waals surface area contributed by atoms with Crippen LogP contribution in [0.1, 0.15) is 18.7 Å². The lowest BCUT2D eigenvalue weighted by molar-refractivity contribution is 0.309. The van der Waals surface area contributed by atoms with Crippen LogP contribution in [0.2, 0.25) is 0 Å². The smallest absolute Gasteiger partial charge is 0.241 e. The summed E-state index contributed by atoms with van der Waals surface area (Å²) in [6.45, 7) is 7.76. The summed E-state index contributed by atoms with van der Waals surface area (Å²) in [5, 5.41) is 4.80. The molecule has 0 saturated heterocycles. The Morgan fingerprint density at radius 2 is 2.00 bits per heavy atom. The SMILES string of the molecule is CCN(CC)CCNS(=O)(=O)c1ccsc1CNC. The summed E-state index contributed by atoms with van der Waals surface area (Å²) in [6.07, 6.45) is 0. The van der Waals surface area contributed by atoms with Crippen molar-refractivity contribution in [2.75, 3.05) is 33.2 Å². The van der Waals surface area contributed by atoms with Gasteiger partial charge in [0.2, 0.25) is 10.0 Å². The Kier molecular flexibility index (Phi) is 6.95. The number of likely N-dealkylation sites (N-methyl/N-ethyl adjacent to an activating group) is 1. The molecule has 2 N–H and O–H groups in total. The van der Waals surface area contributed by atoms with Crippen LogP contribution in [0.3, 0.4) is 0 Å². The van der Waals surface area contributed by atoms with Gasteiger partial charge in [-0.25, -0.2) is 13.1 Å². The highest BCUT2D eigenvalue weighted by Crippen LogP contribution is 2.21. The number of nitrogens with zero attached hydrogens (tertiary/aromatic N) is 1. The van der Waals surface area contributed by atoms with Crippen molar-refractivity contribution in [2.45, 2.75) is 25.3 Å². The molecule has 1 rings (SSSR count). The predicted molar refractivity (Wildman–Crippen MR) is 80.1 cm³/mol. The van der Waals surface area contributed by atoms with Gasteiger partial charge in [-0.05, 0) is 31.6 Å². The Labute approximate surface area is 120 Å². The minimum absolute atomic E-state index is 0.395. The van der Waals surface area contributed by atoms with Crippen LogP contribution in [-0.4, -0.2) is 46.5 Å². The molecule has 110 valence electrons. The summed E-state index contributed by atoms with van der Waals surface area (Å²) in [6, 6.07) is 1.66. The second-order valence-electron chi connectivity index (χ2n) is 4.16. The van der Waals surface area contributed by atoms with Crippen LogP contribution in [0.25, 0.3) is 0 Å². The highest BCUT2D eigenvalue weighted by molar-refractivity contribution is 7.89. The Bertz CT molecular complexity index is 467. The molecular formula is C12H23N3O2S2. The van der Waals surface area contributed by atoms with E-state index in [4.69, 9.17) is 0 Å². The minimum atomic E-state index is -3.39. The monoisotopic (exact) mass is 305 g/mol. The maximum Gasteiger partial charge on any atom is 0.241 e. The third-order valence-electron chi connectivity index (χ3n) is 2.95. The molecule has 0 saturated carbocycles. The van der Waals surface area contributed by atoms with Crippen LogP contribution in [0.4, 0.5) is 0 Å². The molecule has 7 heteroatoms. The number of hydrogen-bond acceptors (Lipinski definition) is 5. The van der Waals surface area contributed by atoms with Crippen LogP contribution in [0.5, 0.6) is 0 Å². The van der Waals surface area contributed by atoms with Crippen molar-refractivity contribution in [3.63, 3.8) is 0 Å². The van der Waals surface area contributed by atoms with Gasteiger partial charge in [-0.15, -0.1) is 11.3 Å². The average Bonchev–Trinajstić information content (AvgIpc) is 2.84. The number of rotatable bonds is 9. The third-order valence-corrected chi connectivity index (χ3v) is 5.54. The van der Waals surface area contributed by atoms with Crippen LogP contribution < -0.4 is 10.0 Å². The topological polar surface area (TPSA) is 61.4 Å². The van der Waals surface area contributed by atoms with E-state index in [1.165, 1.54) is 11.3 Å². The molecule has 0 bridgehead atoms. The normalized spacial score (nSPS) is 12.2. The Morgan fingerprint density at radius 1 is 1.32 bits per heavy atom. The molecule has 0 radical (unpaired) electrons. The molecule has 0 spiro atoms. The van der Waals surface area contributed by atoms with Gasteiger partial charge >= 0.3 is 0 Å². The van der Waals surface area contributed by atoms with Gasteiger partial charge in [-0.1, -0.05) is 13.8 Å². The van der Waals surface area contributed by atoms with Gasteiger partial charge in [0, 0.05) is 24.5 Å². The van der Waals surface area contributed by atoms with Crippen molar-refractivity contribution in [1.29, 1.82) is 0 Å². The average molecular weight is 305 g/mol. The van der Waals surface area contributed by atoms with E-state index in [9.17, 15) is 8.42 Å². The molecule has 1 heterocycles. The van der Waals surface area contributed by atoms with Crippen molar-refractivity contribution in [3.05, 3.63) is 16.3 Å². The summed E-state index contributed by atoms with van der Waals surface area (Å²) >= 11 is 1.46. The molecule has 0 fully saturated rings. The molecule has 1 aromatic heterocycles. The van der Waals surface area contributed by atoms with E-state index in [0.29, 0.717) is 18.0 Å². The van der Waals surface area contributed by atoms with Crippen molar-refractivity contribution in [3.8, 4) is 0 Å². The van der Waals surface area contributed by atoms with Gasteiger partial charge in [0.1, 0.15) is 0 Å². The summed E-state index contributed by atoms with van der Waals surface area (Å²) in [5.74, 6) is 0. The molecular weight excluding hydrogens is 282 g/mol. The fourth-order valence-electron chi connectivity index (χ4n) is 1.81. The lowest BCUT2D eigenvalue weighted by Gasteiger charge is -2.18. The molecule has 5 nitrogen and oxygen atoms in total. The summed E-state index contributed by atoms with van der Waals surface area (Å²) < 4.78 is 27.1. The van der Waals surface area contributed by atoms with E-state index < -0.39 is 10.0 Å². The molecule has 0 aromatic carbocycles. The van der Waals surface area contributed by atoms with Crippen LogP contribution in [0.15, 0.2) is 16.3 Å². The van der Waals surface area contributed by atoms with Gasteiger partial charge in [-0.3, -0.25) is 0 Å². The maximum absolute atomic E-state index is 12.2. The fourth-order valence-corrected chi connectivity index (χ4v) is 4.29. The summed E-state index contributed by atoms with van der Waals surface area (Å²) in [4.78, 5) is 3.43. The van der Waals surface area contributed by atoms with Crippen molar-refractivity contribution in [1.82, 2.24) is 14.9 Å².